The average molecular weight is 364 g/mol. The average Bonchev–Trinajstić information content (AvgIpc) is 2.36. The number of anilines is 1. The molecule has 0 aliphatic rings. The van der Waals surface area contributed by atoms with Crippen LogP contribution in [0, 0.1) is 0 Å². The maximum absolute atomic E-state index is 12.3. The lowest BCUT2D eigenvalue weighted by molar-refractivity contribution is 0.601. The Labute approximate surface area is 135 Å². The summed E-state index contributed by atoms with van der Waals surface area (Å²) in [6.45, 7) is 0. The molecule has 3 radical (unpaired) electrons. The highest BCUT2D eigenvalue weighted by atomic mass is 35.5. The number of rotatable bonds is 3. The molecule has 0 aromatic heterocycles. The first-order chi connectivity index (χ1) is 9.29. The molecule has 0 amide bonds. The van der Waals surface area contributed by atoms with Gasteiger partial charge in [-0.05, 0) is 24.3 Å². The smallest absolute Gasteiger partial charge is 0.263 e. The summed E-state index contributed by atoms with van der Waals surface area (Å²) < 4.78 is 26.9. The van der Waals surface area contributed by atoms with E-state index in [0.717, 1.165) is 5.19 Å². The SMILES string of the molecule is O=S(=O)(Nc1ccc([Si])cc1)c1cc(Cl)c(Cl)cc1Cl. The Kier molecular flexibility index (Phi) is 4.66. The molecule has 0 atom stereocenters. The second kappa shape index (κ2) is 5.95. The fourth-order valence-corrected chi connectivity index (χ4v) is 3.69. The first-order valence-corrected chi connectivity index (χ1v) is 8.40. The summed E-state index contributed by atoms with van der Waals surface area (Å²) in [7, 11) is -0.518. The van der Waals surface area contributed by atoms with Crippen LogP contribution in [-0.2, 0) is 10.0 Å². The standard InChI is InChI=1S/C12H7Cl3NO2SSi/c13-9-5-11(15)12(6-10(9)14)19(17,18)16-7-1-3-8(20)4-2-7/h1-6,16H. The van der Waals surface area contributed by atoms with Crippen molar-refractivity contribution in [3.05, 3.63) is 51.5 Å². The molecule has 0 saturated heterocycles. The van der Waals surface area contributed by atoms with Gasteiger partial charge in [0.25, 0.3) is 10.0 Å². The van der Waals surface area contributed by atoms with Gasteiger partial charge in [-0.15, -0.1) is 0 Å². The van der Waals surface area contributed by atoms with Crippen LogP contribution in [0.3, 0.4) is 0 Å². The molecule has 1 N–H and O–H groups in total. The maximum atomic E-state index is 12.3. The van der Waals surface area contributed by atoms with Crippen molar-refractivity contribution in [2.24, 2.45) is 0 Å². The Balaban J connectivity index is 2.40. The molecular weight excluding hydrogens is 357 g/mol. The molecule has 0 spiro atoms. The molecule has 2 aromatic carbocycles. The quantitative estimate of drug-likeness (QED) is 0.672. The Morgan fingerprint density at radius 1 is 0.900 bits per heavy atom. The number of sulfonamides is 1. The van der Waals surface area contributed by atoms with Crippen molar-refractivity contribution in [2.45, 2.75) is 4.90 Å². The van der Waals surface area contributed by atoms with E-state index in [1.807, 2.05) is 0 Å². The minimum atomic E-state index is -3.84. The molecular formula is C12H7Cl3NO2SSi. The number of hydrogen-bond donors (Lipinski definition) is 1. The molecule has 2 aromatic rings. The van der Waals surface area contributed by atoms with Crippen molar-refractivity contribution < 1.29 is 8.42 Å². The van der Waals surface area contributed by atoms with Gasteiger partial charge in [-0.2, -0.15) is 0 Å². The van der Waals surface area contributed by atoms with Gasteiger partial charge < -0.3 is 0 Å². The summed E-state index contributed by atoms with van der Waals surface area (Å²) in [5, 5.41) is 1.15. The van der Waals surface area contributed by atoms with E-state index in [2.05, 4.69) is 15.0 Å². The van der Waals surface area contributed by atoms with Crippen molar-refractivity contribution in [1.29, 1.82) is 0 Å². The summed E-state index contributed by atoms with van der Waals surface area (Å²) in [5.41, 5.74) is 0.411. The van der Waals surface area contributed by atoms with E-state index in [0.29, 0.717) is 5.69 Å². The lowest BCUT2D eigenvalue weighted by atomic mass is 10.3. The van der Waals surface area contributed by atoms with Gasteiger partial charge in [-0.1, -0.05) is 52.1 Å². The Morgan fingerprint density at radius 2 is 1.45 bits per heavy atom. The molecule has 0 unspecified atom stereocenters. The highest BCUT2D eigenvalue weighted by Crippen LogP contribution is 2.32. The molecule has 20 heavy (non-hydrogen) atoms. The van der Waals surface area contributed by atoms with Gasteiger partial charge in [0.15, 0.2) is 0 Å². The minimum Gasteiger partial charge on any atom is -0.280 e. The van der Waals surface area contributed by atoms with Gasteiger partial charge in [0.1, 0.15) is 4.90 Å². The highest BCUT2D eigenvalue weighted by Gasteiger charge is 2.20. The van der Waals surface area contributed by atoms with Crippen LogP contribution in [0.15, 0.2) is 41.3 Å². The second-order valence-corrected chi connectivity index (χ2v) is 7.33. The number of nitrogens with one attached hydrogen (secondary N) is 1. The number of benzene rings is 2. The first-order valence-electron chi connectivity index (χ1n) is 5.28. The molecule has 0 saturated carbocycles. The van der Waals surface area contributed by atoms with Gasteiger partial charge in [0, 0.05) is 5.69 Å². The van der Waals surface area contributed by atoms with Crippen LogP contribution in [0.25, 0.3) is 0 Å². The molecule has 0 aliphatic heterocycles. The fourth-order valence-electron chi connectivity index (χ4n) is 1.46. The molecule has 0 aliphatic carbocycles. The Bertz CT molecular complexity index is 748. The second-order valence-electron chi connectivity index (χ2n) is 3.88. The minimum absolute atomic E-state index is 0.00337. The fraction of sp³-hybridized carbons (Fsp3) is 0. The summed E-state index contributed by atoms with van der Waals surface area (Å²) >= 11 is 17.5. The molecule has 3 nitrogen and oxygen atoms in total. The van der Waals surface area contributed by atoms with Gasteiger partial charge >= 0.3 is 0 Å². The third kappa shape index (κ3) is 3.48. The first kappa shape index (κ1) is 15.7. The highest BCUT2D eigenvalue weighted by molar-refractivity contribution is 7.92. The van der Waals surface area contributed by atoms with E-state index >= 15 is 0 Å². The van der Waals surface area contributed by atoms with E-state index in [4.69, 9.17) is 34.8 Å². The maximum Gasteiger partial charge on any atom is 0.263 e. The van der Waals surface area contributed by atoms with Crippen LogP contribution in [0.1, 0.15) is 0 Å². The molecule has 8 heteroatoms. The van der Waals surface area contributed by atoms with Crippen LogP contribution < -0.4 is 9.91 Å². The summed E-state index contributed by atoms with van der Waals surface area (Å²) in [6, 6.07) is 9.17. The Morgan fingerprint density at radius 3 is 2.05 bits per heavy atom. The Hall–Kier alpha value is -0.723. The van der Waals surface area contributed by atoms with Gasteiger partial charge in [0.05, 0.1) is 25.3 Å². The van der Waals surface area contributed by atoms with E-state index in [1.165, 1.54) is 12.1 Å². The summed E-state index contributed by atoms with van der Waals surface area (Å²) in [4.78, 5) is -0.129. The summed E-state index contributed by atoms with van der Waals surface area (Å²) in [5.74, 6) is 0. The third-order valence-electron chi connectivity index (χ3n) is 2.40. The van der Waals surface area contributed by atoms with E-state index < -0.39 is 10.0 Å². The van der Waals surface area contributed by atoms with Crippen LogP contribution in [0.4, 0.5) is 5.69 Å². The van der Waals surface area contributed by atoms with Gasteiger partial charge in [-0.25, -0.2) is 8.42 Å². The zero-order valence-electron chi connectivity index (χ0n) is 9.82. The van der Waals surface area contributed by atoms with Crippen LogP contribution in [0.5, 0.6) is 0 Å². The van der Waals surface area contributed by atoms with Crippen molar-refractivity contribution in [3.63, 3.8) is 0 Å². The monoisotopic (exact) mass is 362 g/mol. The van der Waals surface area contributed by atoms with E-state index in [9.17, 15) is 8.42 Å². The topological polar surface area (TPSA) is 46.2 Å². The van der Waals surface area contributed by atoms with Crippen molar-refractivity contribution >= 4 is 65.9 Å². The van der Waals surface area contributed by atoms with Crippen molar-refractivity contribution in [3.8, 4) is 0 Å². The third-order valence-corrected chi connectivity index (χ3v) is 5.30. The molecule has 0 fully saturated rings. The van der Waals surface area contributed by atoms with E-state index in [-0.39, 0.29) is 20.0 Å². The molecule has 0 heterocycles. The zero-order chi connectivity index (χ0) is 14.9. The van der Waals surface area contributed by atoms with Crippen molar-refractivity contribution in [2.75, 3.05) is 4.72 Å². The number of hydrogen-bond acceptors (Lipinski definition) is 2. The lowest BCUT2D eigenvalue weighted by Crippen LogP contribution is -2.14. The molecule has 103 valence electrons. The molecule has 0 bridgehead atoms. The normalized spacial score (nSPS) is 11.4. The molecule has 2 rings (SSSR count). The van der Waals surface area contributed by atoms with Crippen LogP contribution >= 0.6 is 34.8 Å². The predicted molar refractivity (Wildman–Crippen MR) is 84.1 cm³/mol. The summed E-state index contributed by atoms with van der Waals surface area (Å²) in [6.07, 6.45) is 0. The predicted octanol–water partition coefficient (Wildman–Crippen LogP) is 3.24. The van der Waals surface area contributed by atoms with Crippen molar-refractivity contribution in [1.82, 2.24) is 0 Å². The zero-order valence-corrected chi connectivity index (χ0v) is 13.9. The number of halogens is 3. The van der Waals surface area contributed by atoms with Crippen LogP contribution in [0.2, 0.25) is 15.1 Å². The van der Waals surface area contributed by atoms with Crippen LogP contribution in [-0.4, -0.2) is 18.7 Å². The van der Waals surface area contributed by atoms with E-state index in [1.54, 1.807) is 24.3 Å². The van der Waals surface area contributed by atoms with Gasteiger partial charge in [-0.3, -0.25) is 4.72 Å². The van der Waals surface area contributed by atoms with Gasteiger partial charge in [0.2, 0.25) is 0 Å². The lowest BCUT2D eigenvalue weighted by Gasteiger charge is -2.10. The largest absolute Gasteiger partial charge is 0.280 e.